The molecule has 0 aliphatic carbocycles. The Morgan fingerprint density at radius 2 is 2.24 bits per heavy atom. The lowest BCUT2D eigenvalue weighted by atomic mass is 10.1. The molecule has 2 aromatic heterocycles. The van der Waals surface area contributed by atoms with E-state index in [1.807, 2.05) is 25.4 Å². The molecule has 0 aliphatic rings. The fourth-order valence-corrected chi connectivity index (χ4v) is 3.83. The molecule has 0 spiro atoms. The van der Waals surface area contributed by atoms with E-state index in [4.69, 9.17) is 0 Å². The second-order valence-corrected chi connectivity index (χ2v) is 6.57. The number of aromatic nitrogens is 2. The van der Waals surface area contributed by atoms with Gasteiger partial charge in [0.1, 0.15) is 5.75 Å². The number of fused-ring (bicyclic) bond motifs is 3. The molecule has 21 heavy (non-hydrogen) atoms. The number of hydrogen-bond acceptors (Lipinski definition) is 4. The number of nitrogens with zero attached hydrogens (tertiary/aromatic N) is 1. The number of halogens is 1. The molecule has 3 N–H and O–H groups in total. The Labute approximate surface area is 135 Å². The maximum atomic E-state index is 9.91. The molecule has 2 heterocycles. The van der Waals surface area contributed by atoms with Gasteiger partial charge in [-0.1, -0.05) is 0 Å². The summed E-state index contributed by atoms with van der Waals surface area (Å²) in [6, 6.07) is 5.74. The zero-order valence-corrected chi connectivity index (χ0v) is 14.2. The van der Waals surface area contributed by atoms with Gasteiger partial charge in [0.2, 0.25) is 0 Å². The molecule has 0 saturated heterocycles. The summed E-state index contributed by atoms with van der Waals surface area (Å²) in [6.45, 7) is 0. The van der Waals surface area contributed by atoms with Crippen molar-refractivity contribution < 1.29 is 5.11 Å². The zero-order valence-electron chi connectivity index (χ0n) is 11.8. The van der Waals surface area contributed by atoms with Crippen molar-refractivity contribution in [3.63, 3.8) is 0 Å². The number of benzene rings is 1. The molecule has 0 saturated carbocycles. The Bertz CT molecular complexity index is 802. The number of aromatic hydroxyl groups is 1. The van der Waals surface area contributed by atoms with Crippen LogP contribution in [0.4, 0.5) is 0 Å². The molecule has 3 aromatic rings. The number of thioether (sulfide) groups is 1. The highest BCUT2D eigenvalue weighted by Crippen LogP contribution is 2.38. The third-order valence-electron chi connectivity index (χ3n) is 3.64. The van der Waals surface area contributed by atoms with Crippen LogP contribution in [0.2, 0.25) is 0 Å². The Balaban J connectivity index is 2.32. The van der Waals surface area contributed by atoms with Crippen LogP contribution in [0.5, 0.6) is 5.75 Å². The molecule has 0 amide bonds. The van der Waals surface area contributed by atoms with Crippen molar-refractivity contribution in [2.75, 3.05) is 19.1 Å². The van der Waals surface area contributed by atoms with Gasteiger partial charge in [-0.05, 0) is 47.4 Å². The van der Waals surface area contributed by atoms with Crippen LogP contribution in [0.15, 0.2) is 28.9 Å². The lowest BCUT2D eigenvalue weighted by molar-refractivity contribution is 0.473. The van der Waals surface area contributed by atoms with Crippen molar-refractivity contribution >= 4 is 49.5 Å². The fourth-order valence-electron chi connectivity index (χ4n) is 2.61. The summed E-state index contributed by atoms with van der Waals surface area (Å²) < 4.78 is 0.717. The molecule has 1 unspecified atom stereocenters. The van der Waals surface area contributed by atoms with Crippen LogP contribution < -0.4 is 5.32 Å². The first-order valence-corrected chi connectivity index (χ1v) is 8.80. The first-order valence-electron chi connectivity index (χ1n) is 6.61. The van der Waals surface area contributed by atoms with Crippen molar-refractivity contribution in [2.45, 2.75) is 6.04 Å². The number of H-pyrrole nitrogens is 1. The van der Waals surface area contributed by atoms with E-state index in [1.165, 1.54) is 0 Å². The number of aromatic amines is 1. The average molecular weight is 366 g/mol. The van der Waals surface area contributed by atoms with Crippen molar-refractivity contribution in [1.29, 1.82) is 0 Å². The molecule has 0 bridgehead atoms. The van der Waals surface area contributed by atoms with Crippen molar-refractivity contribution in [3.8, 4) is 5.75 Å². The second kappa shape index (κ2) is 5.87. The van der Waals surface area contributed by atoms with Crippen LogP contribution in [0.1, 0.15) is 11.7 Å². The van der Waals surface area contributed by atoms with Crippen LogP contribution in [0, 0.1) is 0 Å². The SMILES string of the molecule is CNC(CSC)c1nccc2c1[nH]c1ccc(O)c(Br)c12. The highest BCUT2D eigenvalue weighted by atomic mass is 79.9. The van der Waals surface area contributed by atoms with Gasteiger partial charge in [0.15, 0.2) is 0 Å². The maximum absolute atomic E-state index is 9.91. The molecule has 1 atom stereocenters. The van der Waals surface area contributed by atoms with E-state index < -0.39 is 0 Å². The summed E-state index contributed by atoms with van der Waals surface area (Å²) in [5.74, 6) is 1.20. The molecular weight excluding hydrogens is 350 g/mol. The number of nitrogens with one attached hydrogen (secondary N) is 2. The predicted octanol–water partition coefficient (Wildman–Crippen LogP) is 3.81. The van der Waals surface area contributed by atoms with Crippen LogP contribution in [0.25, 0.3) is 21.8 Å². The Hall–Kier alpha value is -1.24. The number of rotatable bonds is 4. The first kappa shape index (κ1) is 14.7. The first-order chi connectivity index (χ1) is 10.2. The number of phenols is 1. The van der Waals surface area contributed by atoms with E-state index in [2.05, 4.69) is 37.5 Å². The van der Waals surface area contributed by atoms with Gasteiger partial charge in [0.05, 0.1) is 21.7 Å². The molecule has 0 aliphatic heterocycles. The van der Waals surface area contributed by atoms with Gasteiger partial charge in [-0.3, -0.25) is 4.98 Å². The average Bonchev–Trinajstić information content (AvgIpc) is 2.88. The van der Waals surface area contributed by atoms with Gasteiger partial charge in [0, 0.05) is 28.2 Å². The maximum Gasteiger partial charge on any atom is 0.130 e. The zero-order chi connectivity index (χ0) is 15.0. The minimum atomic E-state index is 0.184. The highest BCUT2D eigenvalue weighted by Gasteiger charge is 2.18. The Kier molecular flexibility index (Phi) is 4.10. The minimum absolute atomic E-state index is 0.184. The van der Waals surface area contributed by atoms with Gasteiger partial charge in [0.25, 0.3) is 0 Å². The summed E-state index contributed by atoms with van der Waals surface area (Å²) >= 11 is 5.26. The smallest absolute Gasteiger partial charge is 0.130 e. The topological polar surface area (TPSA) is 60.9 Å². The number of phenolic OH excluding ortho intramolecular Hbond substituents is 1. The molecule has 1 aromatic carbocycles. The third kappa shape index (κ3) is 2.41. The Morgan fingerprint density at radius 1 is 1.43 bits per heavy atom. The second-order valence-electron chi connectivity index (χ2n) is 4.86. The van der Waals surface area contributed by atoms with Crippen LogP contribution in [0.3, 0.4) is 0 Å². The molecular formula is C15H16BrN3OS. The van der Waals surface area contributed by atoms with E-state index >= 15 is 0 Å². The molecule has 0 radical (unpaired) electrons. The van der Waals surface area contributed by atoms with Gasteiger partial charge >= 0.3 is 0 Å². The molecule has 4 nitrogen and oxygen atoms in total. The lowest BCUT2D eigenvalue weighted by Gasteiger charge is -2.14. The van der Waals surface area contributed by atoms with Gasteiger partial charge in [-0.2, -0.15) is 11.8 Å². The number of hydrogen-bond donors (Lipinski definition) is 3. The van der Waals surface area contributed by atoms with Crippen molar-refractivity contribution in [3.05, 3.63) is 34.6 Å². The number of pyridine rings is 1. The Morgan fingerprint density at radius 3 is 2.95 bits per heavy atom. The monoisotopic (exact) mass is 365 g/mol. The van der Waals surface area contributed by atoms with E-state index in [1.54, 1.807) is 17.8 Å². The van der Waals surface area contributed by atoms with Gasteiger partial charge < -0.3 is 15.4 Å². The summed E-state index contributed by atoms with van der Waals surface area (Å²) in [4.78, 5) is 7.99. The fraction of sp³-hybridized carbons (Fsp3) is 0.267. The lowest BCUT2D eigenvalue weighted by Crippen LogP contribution is -2.20. The summed E-state index contributed by atoms with van der Waals surface area (Å²) in [5.41, 5.74) is 3.02. The van der Waals surface area contributed by atoms with Crippen LogP contribution in [-0.4, -0.2) is 34.1 Å². The van der Waals surface area contributed by atoms with E-state index in [-0.39, 0.29) is 11.8 Å². The molecule has 6 heteroatoms. The van der Waals surface area contributed by atoms with E-state index in [0.717, 1.165) is 33.3 Å². The quantitative estimate of drug-likeness (QED) is 0.657. The summed E-state index contributed by atoms with van der Waals surface area (Å²) in [7, 11) is 1.95. The molecule has 3 rings (SSSR count). The summed E-state index contributed by atoms with van der Waals surface area (Å²) in [6.07, 6.45) is 3.91. The molecule has 0 fully saturated rings. The highest BCUT2D eigenvalue weighted by molar-refractivity contribution is 9.10. The largest absolute Gasteiger partial charge is 0.507 e. The van der Waals surface area contributed by atoms with E-state index in [9.17, 15) is 5.11 Å². The molecule has 110 valence electrons. The van der Waals surface area contributed by atoms with E-state index in [0.29, 0.717) is 4.47 Å². The van der Waals surface area contributed by atoms with Crippen molar-refractivity contribution in [2.24, 2.45) is 0 Å². The van der Waals surface area contributed by atoms with Gasteiger partial charge in [-0.15, -0.1) is 0 Å². The predicted molar refractivity (Wildman–Crippen MR) is 93.1 cm³/mol. The van der Waals surface area contributed by atoms with Gasteiger partial charge in [-0.25, -0.2) is 0 Å². The van der Waals surface area contributed by atoms with Crippen LogP contribution >= 0.6 is 27.7 Å². The normalized spacial score (nSPS) is 13.1. The minimum Gasteiger partial charge on any atom is -0.507 e. The van der Waals surface area contributed by atoms with Crippen molar-refractivity contribution in [1.82, 2.24) is 15.3 Å². The summed E-state index contributed by atoms with van der Waals surface area (Å²) in [5, 5.41) is 15.3. The third-order valence-corrected chi connectivity index (χ3v) is 5.11. The standard InChI is InChI=1S/C15H16BrN3OS/c1-17-10(7-21-2)15-14-8(5-6-18-15)12-9(19-14)3-4-11(20)13(12)16/h3-6,10,17,19-20H,7H2,1-2H3. The van der Waals surface area contributed by atoms with Crippen LogP contribution in [-0.2, 0) is 0 Å².